The van der Waals surface area contributed by atoms with Crippen LogP contribution in [0, 0.1) is 0 Å². The van der Waals surface area contributed by atoms with E-state index in [0.29, 0.717) is 56.7 Å². The van der Waals surface area contributed by atoms with E-state index < -0.39 is 0 Å². The number of carbonyl (C=O) groups is 1. The Kier molecular flexibility index (Phi) is 5.80. The molecule has 9 nitrogen and oxygen atoms in total. The molecular formula is C21H26N6O3. The summed E-state index contributed by atoms with van der Waals surface area (Å²) in [5, 5.41) is 15.1. The maximum atomic E-state index is 12.7. The molecule has 4 rings (SSSR count). The van der Waals surface area contributed by atoms with Crippen LogP contribution in [0.15, 0.2) is 30.5 Å². The van der Waals surface area contributed by atoms with Gasteiger partial charge in [0.25, 0.3) is 0 Å². The molecule has 0 bridgehead atoms. The number of phenolic OH excluding ortho intramolecular Hbond substituents is 1. The minimum atomic E-state index is -0.00422. The maximum Gasteiger partial charge on any atom is 0.244 e. The van der Waals surface area contributed by atoms with E-state index in [4.69, 9.17) is 14.7 Å². The van der Waals surface area contributed by atoms with Crippen LogP contribution < -0.4 is 4.90 Å². The van der Waals surface area contributed by atoms with Gasteiger partial charge in [0.05, 0.1) is 30.5 Å². The number of hydrogen-bond acceptors (Lipinski definition) is 7. The number of nitrogens with zero attached hydrogens (tertiary/aromatic N) is 6. The van der Waals surface area contributed by atoms with Gasteiger partial charge in [0.15, 0.2) is 5.65 Å². The number of aromatic hydroxyl groups is 1. The predicted octanol–water partition coefficient (Wildman–Crippen LogP) is 1.90. The van der Waals surface area contributed by atoms with E-state index >= 15 is 0 Å². The van der Waals surface area contributed by atoms with Crippen molar-refractivity contribution < 1.29 is 14.6 Å². The minimum Gasteiger partial charge on any atom is -0.508 e. The number of likely N-dealkylation sites (N-methyl/N-ethyl adjacent to an activating group) is 1. The third-order valence-corrected chi connectivity index (χ3v) is 5.30. The molecule has 0 atom stereocenters. The Morgan fingerprint density at radius 2 is 1.97 bits per heavy atom. The summed E-state index contributed by atoms with van der Waals surface area (Å²) < 4.78 is 7.09. The van der Waals surface area contributed by atoms with Gasteiger partial charge in [0.1, 0.15) is 12.3 Å². The molecule has 30 heavy (non-hydrogen) atoms. The van der Waals surface area contributed by atoms with Crippen LogP contribution in [0.25, 0.3) is 22.3 Å². The van der Waals surface area contributed by atoms with E-state index in [0.717, 1.165) is 10.9 Å². The number of benzene rings is 1. The highest BCUT2D eigenvalue weighted by Crippen LogP contribution is 2.30. The van der Waals surface area contributed by atoms with Crippen molar-refractivity contribution >= 4 is 22.9 Å². The average molecular weight is 410 g/mol. The third-order valence-electron chi connectivity index (χ3n) is 5.30. The molecule has 1 saturated heterocycles. The Bertz CT molecular complexity index is 1040. The highest BCUT2D eigenvalue weighted by atomic mass is 16.5. The molecule has 0 aliphatic carbocycles. The molecule has 0 radical (unpaired) electrons. The number of anilines is 1. The SMILES string of the molecule is CCN(CC)C(=O)Cn1ncc2c(-c3cccc(O)c3)nc(N3CCOCC3)nc21. The Morgan fingerprint density at radius 1 is 1.20 bits per heavy atom. The Labute approximate surface area is 174 Å². The van der Waals surface area contributed by atoms with Crippen molar-refractivity contribution in [2.24, 2.45) is 0 Å². The van der Waals surface area contributed by atoms with Crippen LogP contribution in [-0.2, 0) is 16.1 Å². The zero-order chi connectivity index (χ0) is 21.1. The molecule has 3 heterocycles. The number of amides is 1. The normalized spacial score (nSPS) is 14.3. The number of aromatic nitrogens is 4. The molecule has 1 aliphatic heterocycles. The van der Waals surface area contributed by atoms with Crippen molar-refractivity contribution in [3.63, 3.8) is 0 Å². The first kappa shape index (κ1) is 20.1. The lowest BCUT2D eigenvalue weighted by Gasteiger charge is -2.27. The summed E-state index contributed by atoms with van der Waals surface area (Å²) in [4.78, 5) is 26.1. The highest BCUT2D eigenvalue weighted by Gasteiger charge is 2.21. The van der Waals surface area contributed by atoms with Crippen molar-refractivity contribution in [1.29, 1.82) is 0 Å². The summed E-state index contributed by atoms with van der Waals surface area (Å²) in [6.45, 7) is 7.95. The van der Waals surface area contributed by atoms with Gasteiger partial charge in [-0.3, -0.25) is 4.79 Å². The number of rotatable bonds is 6. The number of ether oxygens (including phenoxy) is 1. The summed E-state index contributed by atoms with van der Waals surface area (Å²) in [6, 6.07) is 6.96. The molecule has 158 valence electrons. The zero-order valence-electron chi connectivity index (χ0n) is 17.3. The second kappa shape index (κ2) is 8.66. The first-order chi connectivity index (χ1) is 14.6. The van der Waals surface area contributed by atoms with Crippen molar-refractivity contribution in [3.8, 4) is 17.0 Å². The molecule has 3 aromatic rings. The van der Waals surface area contributed by atoms with Crippen LogP contribution in [0.4, 0.5) is 5.95 Å². The maximum absolute atomic E-state index is 12.7. The molecule has 2 aromatic heterocycles. The number of phenols is 1. The third kappa shape index (κ3) is 3.93. The molecule has 1 N–H and O–H groups in total. The molecule has 0 saturated carbocycles. The van der Waals surface area contributed by atoms with Crippen molar-refractivity contribution in [2.45, 2.75) is 20.4 Å². The summed E-state index contributed by atoms with van der Waals surface area (Å²) in [7, 11) is 0. The topological polar surface area (TPSA) is 96.6 Å². The summed E-state index contributed by atoms with van der Waals surface area (Å²) in [6.07, 6.45) is 1.69. The van der Waals surface area contributed by atoms with Gasteiger partial charge in [-0.2, -0.15) is 10.1 Å². The molecular weight excluding hydrogens is 384 g/mol. The standard InChI is InChI=1S/C21H26N6O3/c1-3-25(4-2)18(29)14-27-20-17(13-22-27)19(15-6-5-7-16(28)12-15)23-21(24-20)26-8-10-30-11-9-26/h5-7,12-13,28H,3-4,8-11,14H2,1-2H3. The lowest BCUT2D eigenvalue weighted by atomic mass is 10.1. The number of morpholine rings is 1. The van der Waals surface area contributed by atoms with Crippen LogP contribution in [0.3, 0.4) is 0 Å². The van der Waals surface area contributed by atoms with Gasteiger partial charge in [0, 0.05) is 31.7 Å². The zero-order valence-corrected chi connectivity index (χ0v) is 17.3. The minimum absolute atomic E-state index is 0.00422. The van der Waals surface area contributed by atoms with Crippen LogP contribution in [0.1, 0.15) is 13.8 Å². The number of hydrogen-bond donors (Lipinski definition) is 1. The predicted molar refractivity (Wildman–Crippen MR) is 113 cm³/mol. The first-order valence-electron chi connectivity index (χ1n) is 10.2. The molecule has 1 amide bonds. The monoisotopic (exact) mass is 410 g/mol. The van der Waals surface area contributed by atoms with Crippen LogP contribution in [-0.4, -0.2) is 75.1 Å². The number of carbonyl (C=O) groups excluding carboxylic acids is 1. The fraction of sp³-hybridized carbons (Fsp3) is 0.429. The van der Waals surface area contributed by atoms with E-state index in [9.17, 15) is 9.90 Å². The fourth-order valence-electron chi connectivity index (χ4n) is 3.64. The Hall–Kier alpha value is -3.20. The summed E-state index contributed by atoms with van der Waals surface area (Å²) in [5.74, 6) is 0.730. The largest absolute Gasteiger partial charge is 0.508 e. The van der Waals surface area contributed by atoms with Crippen LogP contribution in [0.2, 0.25) is 0 Å². The quantitative estimate of drug-likeness (QED) is 0.663. The van der Waals surface area contributed by atoms with Gasteiger partial charge in [-0.1, -0.05) is 12.1 Å². The van der Waals surface area contributed by atoms with E-state index in [1.54, 1.807) is 34.0 Å². The Morgan fingerprint density at radius 3 is 2.67 bits per heavy atom. The fourth-order valence-corrected chi connectivity index (χ4v) is 3.64. The van der Waals surface area contributed by atoms with Gasteiger partial charge in [-0.25, -0.2) is 9.67 Å². The molecule has 9 heteroatoms. The van der Waals surface area contributed by atoms with Gasteiger partial charge in [-0.15, -0.1) is 0 Å². The first-order valence-corrected chi connectivity index (χ1v) is 10.2. The molecule has 0 unspecified atom stereocenters. The lowest BCUT2D eigenvalue weighted by molar-refractivity contribution is -0.131. The van der Waals surface area contributed by atoms with Crippen LogP contribution in [0.5, 0.6) is 5.75 Å². The van der Waals surface area contributed by atoms with Crippen molar-refractivity contribution in [2.75, 3.05) is 44.3 Å². The van der Waals surface area contributed by atoms with Gasteiger partial charge >= 0.3 is 0 Å². The molecule has 1 fully saturated rings. The smallest absolute Gasteiger partial charge is 0.244 e. The molecule has 0 spiro atoms. The van der Waals surface area contributed by atoms with Crippen LogP contribution >= 0.6 is 0 Å². The summed E-state index contributed by atoms with van der Waals surface area (Å²) in [5.41, 5.74) is 2.05. The lowest BCUT2D eigenvalue weighted by Crippen LogP contribution is -2.37. The van der Waals surface area contributed by atoms with E-state index in [1.807, 2.05) is 19.9 Å². The Balaban J connectivity index is 1.81. The van der Waals surface area contributed by atoms with Gasteiger partial charge < -0.3 is 19.6 Å². The number of fused-ring (bicyclic) bond motifs is 1. The summed E-state index contributed by atoms with van der Waals surface area (Å²) >= 11 is 0. The molecule has 1 aliphatic rings. The van der Waals surface area contributed by atoms with Gasteiger partial charge in [-0.05, 0) is 26.0 Å². The second-order valence-corrected chi connectivity index (χ2v) is 7.13. The van der Waals surface area contributed by atoms with Gasteiger partial charge in [0.2, 0.25) is 11.9 Å². The van der Waals surface area contributed by atoms with E-state index in [-0.39, 0.29) is 18.2 Å². The second-order valence-electron chi connectivity index (χ2n) is 7.13. The van der Waals surface area contributed by atoms with E-state index in [1.165, 1.54) is 0 Å². The molecule has 1 aromatic carbocycles. The average Bonchev–Trinajstić information content (AvgIpc) is 3.17. The highest BCUT2D eigenvalue weighted by molar-refractivity contribution is 5.92. The van der Waals surface area contributed by atoms with Crippen molar-refractivity contribution in [1.82, 2.24) is 24.6 Å². The van der Waals surface area contributed by atoms with E-state index in [2.05, 4.69) is 10.00 Å². The van der Waals surface area contributed by atoms with Crippen molar-refractivity contribution in [3.05, 3.63) is 30.5 Å².